The number of aromatic hydroxyl groups is 1. The molecular weight excluding hydrogens is 310 g/mol. The lowest BCUT2D eigenvalue weighted by Gasteiger charge is -2.09. The van der Waals surface area contributed by atoms with E-state index in [0.717, 1.165) is 6.42 Å². The predicted molar refractivity (Wildman–Crippen MR) is 89.6 cm³/mol. The molecule has 0 bridgehead atoms. The Morgan fingerprint density at radius 1 is 1.12 bits per heavy atom. The van der Waals surface area contributed by atoms with Crippen LogP contribution in [0, 0.1) is 0 Å². The van der Waals surface area contributed by atoms with Gasteiger partial charge in [0.05, 0.1) is 24.3 Å². The Morgan fingerprint density at radius 3 is 2.46 bits per heavy atom. The number of hydrogen-bond donors (Lipinski definition) is 3. The maximum absolute atomic E-state index is 11.9. The molecule has 0 saturated carbocycles. The highest BCUT2D eigenvalue weighted by Gasteiger charge is 2.10. The zero-order valence-corrected chi connectivity index (χ0v) is 13.3. The van der Waals surface area contributed by atoms with Gasteiger partial charge in [0, 0.05) is 0 Å². The number of aromatic carboxylic acids is 1. The van der Waals surface area contributed by atoms with Crippen molar-refractivity contribution in [2.45, 2.75) is 19.8 Å². The molecule has 0 unspecified atom stereocenters. The minimum absolute atomic E-state index is 0.0182. The summed E-state index contributed by atoms with van der Waals surface area (Å²) < 4.78 is 5.49. The van der Waals surface area contributed by atoms with Crippen LogP contribution in [-0.2, 0) is 11.2 Å². The second-order valence-electron chi connectivity index (χ2n) is 5.18. The van der Waals surface area contributed by atoms with E-state index in [0.29, 0.717) is 5.75 Å². The molecule has 1 amide bonds. The molecule has 0 saturated heterocycles. The third kappa shape index (κ3) is 4.74. The van der Waals surface area contributed by atoms with Crippen LogP contribution in [0.2, 0.25) is 0 Å². The first-order chi connectivity index (χ1) is 11.5. The van der Waals surface area contributed by atoms with E-state index in [1.165, 1.54) is 23.8 Å². The molecule has 24 heavy (non-hydrogen) atoms. The van der Waals surface area contributed by atoms with E-state index >= 15 is 0 Å². The summed E-state index contributed by atoms with van der Waals surface area (Å²) in [6.45, 7) is 2.24. The van der Waals surface area contributed by atoms with Crippen molar-refractivity contribution >= 4 is 17.6 Å². The van der Waals surface area contributed by atoms with Crippen LogP contribution in [0.5, 0.6) is 11.5 Å². The summed E-state index contributed by atoms with van der Waals surface area (Å²) in [6.07, 6.45) is 1.02. The predicted octanol–water partition coefficient (Wildman–Crippen LogP) is 3.06. The number of phenolic OH excluding ortho intramolecular Hbond substituents is 1. The van der Waals surface area contributed by atoms with E-state index in [1.807, 2.05) is 24.3 Å². The number of carboxylic acid groups (broad SMARTS) is 1. The highest BCUT2D eigenvalue weighted by atomic mass is 16.5. The third-order valence-corrected chi connectivity index (χ3v) is 3.45. The molecule has 0 aliphatic heterocycles. The quantitative estimate of drug-likeness (QED) is 0.679. The molecule has 0 spiro atoms. The van der Waals surface area contributed by atoms with E-state index in [1.54, 1.807) is 0 Å². The molecule has 0 aliphatic rings. The van der Waals surface area contributed by atoms with Gasteiger partial charge in [-0.3, -0.25) is 4.79 Å². The lowest BCUT2D eigenvalue weighted by atomic mass is 10.2. The average molecular weight is 329 g/mol. The Balaban J connectivity index is 1.86. The fourth-order valence-corrected chi connectivity index (χ4v) is 2.06. The van der Waals surface area contributed by atoms with Crippen molar-refractivity contribution in [1.29, 1.82) is 0 Å². The van der Waals surface area contributed by atoms with Crippen LogP contribution in [0.4, 0.5) is 5.69 Å². The van der Waals surface area contributed by atoms with E-state index in [-0.39, 0.29) is 35.9 Å². The van der Waals surface area contributed by atoms with Gasteiger partial charge in [-0.05, 0) is 42.3 Å². The molecule has 0 aromatic heterocycles. The number of phenols is 1. The largest absolute Gasteiger partial charge is 0.506 e. The molecule has 0 atom stereocenters. The van der Waals surface area contributed by atoms with Crippen LogP contribution in [0.25, 0.3) is 0 Å². The number of carboxylic acids is 1. The second-order valence-corrected chi connectivity index (χ2v) is 5.18. The van der Waals surface area contributed by atoms with Crippen molar-refractivity contribution in [2.24, 2.45) is 0 Å². The van der Waals surface area contributed by atoms with Crippen molar-refractivity contribution in [3.8, 4) is 11.5 Å². The highest BCUT2D eigenvalue weighted by Crippen LogP contribution is 2.24. The maximum atomic E-state index is 11.9. The molecule has 6 nitrogen and oxygen atoms in total. The van der Waals surface area contributed by atoms with Crippen LogP contribution < -0.4 is 10.1 Å². The van der Waals surface area contributed by atoms with Gasteiger partial charge >= 0.3 is 5.97 Å². The molecule has 0 heterocycles. The molecule has 6 heteroatoms. The zero-order valence-electron chi connectivity index (χ0n) is 13.3. The van der Waals surface area contributed by atoms with Crippen LogP contribution in [0.15, 0.2) is 42.5 Å². The number of carbonyl (C=O) groups is 2. The fourth-order valence-electron chi connectivity index (χ4n) is 2.06. The summed E-state index contributed by atoms with van der Waals surface area (Å²) >= 11 is 0. The molecule has 3 N–H and O–H groups in total. The first kappa shape index (κ1) is 17.3. The SMILES string of the molecule is CCc1ccc(OCCC(=O)Nc2cc(C(=O)O)ccc2O)cc1. The van der Waals surface area contributed by atoms with Gasteiger partial charge in [0.25, 0.3) is 0 Å². The Labute approximate surface area is 139 Å². The Morgan fingerprint density at radius 2 is 1.83 bits per heavy atom. The van der Waals surface area contributed by atoms with Crippen molar-refractivity contribution < 1.29 is 24.5 Å². The smallest absolute Gasteiger partial charge is 0.335 e. The molecule has 2 aromatic carbocycles. The Kier molecular flexibility index (Phi) is 5.78. The number of rotatable bonds is 7. The number of nitrogens with one attached hydrogen (secondary N) is 1. The van der Waals surface area contributed by atoms with Gasteiger partial charge in [-0.25, -0.2) is 4.79 Å². The standard InChI is InChI=1S/C18H19NO5/c1-2-12-3-6-14(7-4-12)24-10-9-17(21)19-15-11-13(18(22)23)5-8-16(15)20/h3-8,11,20H,2,9-10H2,1H3,(H,19,21)(H,22,23). The third-order valence-electron chi connectivity index (χ3n) is 3.45. The van der Waals surface area contributed by atoms with Crippen molar-refractivity contribution in [3.05, 3.63) is 53.6 Å². The molecule has 2 rings (SSSR count). The van der Waals surface area contributed by atoms with E-state index in [2.05, 4.69) is 12.2 Å². The van der Waals surface area contributed by atoms with Crippen LogP contribution in [0.1, 0.15) is 29.3 Å². The van der Waals surface area contributed by atoms with Crippen molar-refractivity contribution in [2.75, 3.05) is 11.9 Å². The minimum Gasteiger partial charge on any atom is -0.506 e. The molecular formula is C18H19NO5. The highest BCUT2D eigenvalue weighted by molar-refractivity contribution is 5.95. The zero-order chi connectivity index (χ0) is 17.5. The van der Waals surface area contributed by atoms with Gasteiger partial charge < -0.3 is 20.3 Å². The average Bonchev–Trinajstić information content (AvgIpc) is 2.57. The normalized spacial score (nSPS) is 10.2. The number of carbonyl (C=O) groups excluding carboxylic acids is 1. The van der Waals surface area contributed by atoms with E-state index < -0.39 is 5.97 Å². The molecule has 0 radical (unpaired) electrons. The van der Waals surface area contributed by atoms with Gasteiger partial charge in [-0.2, -0.15) is 0 Å². The van der Waals surface area contributed by atoms with Crippen LogP contribution in [0.3, 0.4) is 0 Å². The molecule has 0 fully saturated rings. The van der Waals surface area contributed by atoms with Crippen molar-refractivity contribution in [3.63, 3.8) is 0 Å². The fraction of sp³-hybridized carbons (Fsp3) is 0.222. The summed E-state index contributed by atoms with van der Waals surface area (Å²) in [5, 5.41) is 21.1. The molecule has 0 aliphatic carbocycles. The summed E-state index contributed by atoms with van der Waals surface area (Å²) in [6, 6.07) is 11.3. The molecule has 126 valence electrons. The Hall–Kier alpha value is -3.02. The topological polar surface area (TPSA) is 95.9 Å². The number of benzene rings is 2. The lowest BCUT2D eigenvalue weighted by Crippen LogP contribution is -2.15. The molecule has 2 aromatic rings. The summed E-state index contributed by atoms with van der Waals surface area (Å²) in [7, 11) is 0. The van der Waals surface area contributed by atoms with Crippen molar-refractivity contribution in [1.82, 2.24) is 0 Å². The van der Waals surface area contributed by atoms with E-state index in [9.17, 15) is 14.7 Å². The van der Waals surface area contributed by atoms with Gasteiger partial charge in [0.1, 0.15) is 11.5 Å². The van der Waals surface area contributed by atoms with E-state index in [4.69, 9.17) is 9.84 Å². The first-order valence-corrected chi connectivity index (χ1v) is 7.57. The summed E-state index contributed by atoms with van der Waals surface area (Å²) in [5.74, 6) is -1.03. The minimum atomic E-state index is -1.13. The maximum Gasteiger partial charge on any atom is 0.335 e. The second kappa shape index (κ2) is 8.01. The Bertz CT molecular complexity index is 725. The van der Waals surface area contributed by atoms with Gasteiger partial charge in [0.15, 0.2) is 0 Å². The summed E-state index contributed by atoms with van der Waals surface area (Å²) in [5.41, 5.74) is 1.25. The first-order valence-electron chi connectivity index (χ1n) is 7.57. The monoisotopic (exact) mass is 329 g/mol. The number of aryl methyl sites for hydroxylation is 1. The number of anilines is 1. The number of hydrogen-bond acceptors (Lipinski definition) is 4. The van der Waals surface area contributed by atoms with Crippen LogP contribution >= 0.6 is 0 Å². The summed E-state index contributed by atoms with van der Waals surface area (Å²) in [4.78, 5) is 22.8. The number of ether oxygens (including phenoxy) is 1. The lowest BCUT2D eigenvalue weighted by molar-refractivity contribution is -0.116. The van der Waals surface area contributed by atoms with Gasteiger partial charge in [-0.1, -0.05) is 19.1 Å². The van der Waals surface area contributed by atoms with Gasteiger partial charge in [0.2, 0.25) is 5.91 Å². The van der Waals surface area contributed by atoms with Gasteiger partial charge in [-0.15, -0.1) is 0 Å². The number of amides is 1. The van der Waals surface area contributed by atoms with Crippen LogP contribution in [-0.4, -0.2) is 28.7 Å².